The molecule has 0 aromatic heterocycles. The first-order valence-corrected chi connectivity index (χ1v) is 5.99. The summed E-state index contributed by atoms with van der Waals surface area (Å²) in [5, 5.41) is 9.04. The van der Waals surface area contributed by atoms with Crippen LogP contribution in [0.15, 0.2) is 18.2 Å². The first-order valence-electron chi connectivity index (χ1n) is 5.99. The van der Waals surface area contributed by atoms with Crippen molar-refractivity contribution < 1.29 is 9.90 Å². The second-order valence-corrected chi connectivity index (χ2v) is 4.56. The molecule has 0 radical (unpaired) electrons. The molecule has 3 N–H and O–H groups in total. The molecule has 0 saturated heterocycles. The Morgan fingerprint density at radius 3 is 2.76 bits per heavy atom. The van der Waals surface area contributed by atoms with Crippen LogP contribution in [0.25, 0.3) is 0 Å². The maximum Gasteiger partial charge on any atom is 0.337 e. The van der Waals surface area contributed by atoms with Crippen LogP contribution in [0.4, 0.5) is 11.4 Å². The molecule has 0 bridgehead atoms. The summed E-state index contributed by atoms with van der Waals surface area (Å²) in [6, 6.07) is 5.24. The summed E-state index contributed by atoms with van der Waals surface area (Å²) in [5.41, 5.74) is 7.11. The number of anilines is 2. The monoisotopic (exact) mass is 234 g/mol. The summed E-state index contributed by atoms with van der Waals surface area (Å²) < 4.78 is 0. The van der Waals surface area contributed by atoms with E-state index in [0.29, 0.717) is 5.69 Å². The second kappa shape index (κ2) is 4.65. The van der Waals surface area contributed by atoms with E-state index >= 15 is 0 Å². The third kappa shape index (κ3) is 2.70. The lowest BCUT2D eigenvalue weighted by molar-refractivity contribution is 0.0698. The number of aromatic carboxylic acids is 1. The zero-order chi connectivity index (χ0) is 12.4. The van der Waals surface area contributed by atoms with Crippen molar-refractivity contribution in [1.82, 2.24) is 0 Å². The molecule has 1 aliphatic rings. The summed E-state index contributed by atoms with van der Waals surface area (Å²) in [6.07, 6.45) is 2.58. The zero-order valence-corrected chi connectivity index (χ0v) is 10.0. The minimum atomic E-state index is -0.966. The largest absolute Gasteiger partial charge is 0.478 e. The maximum absolute atomic E-state index is 11.0. The highest BCUT2D eigenvalue weighted by atomic mass is 16.4. The minimum Gasteiger partial charge on any atom is -0.478 e. The van der Waals surface area contributed by atoms with Gasteiger partial charge in [0.25, 0.3) is 0 Å². The Morgan fingerprint density at radius 1 is 1.53 bits per heavy atom. The average molecular weight is 234 g/mol. The van der Waals surface area contributed by atoms with Crippen LogP contribution in [-0.2, 0) is 0 Å². The SMILES string of the molecule is CCN(CC1CC1)c1ccc(N)c(C(=O)O)c1. The fourth-order valence-corrected chi connectivity index (χ4v) is 1.96. The van der Waals surface area contributed by atoms with Gasteiger partial charge in [0.15, 0.2) is 0 Å². The molecule has 0 atom stereocenters. The van der Waals surface area contributed by atoms with Gasteiger partial charge in [-0.05, 0) is 43.9 Å². The first-order chi connectivity index (χ1) is 8.11. The molecule has 4 nitrogen and oxygen atoms in total. The number of nitrogen functional groups attached to an aromatic ring is 1. The Labute approximate surface area is 101 Å². The summed E-state index contributed by atoms with van der Waals surface area (Å²) in [6.45, 7) is 3.98. The molecule has 1 saturated carbocycles. The number of nitrogens with zero attached hydrogens (tertiary/aromatic N) is 1. The van der Waals surface area contributed by atoms with Crippen molar-refractivity contribution in [2.24, 2.45) is 5.92 Å². The van der Waals surface area contributed by atoms with E-state index in [1.807, 2.05) is 6.07 Å². The fraction of sp³-hybridized carbons (Fsp3) is 0.462. The van der Waals surface area contributed by atoms with Crippen LogP contribution >= 0.6 is 0 Å². The molecule has 0 aliphatic heterocycles. The van der Waals surface area contributed by atoms with Gasteiger partial charge in [-0.25, -0.2) is 4.79 Å². The molecular formula is C13H18N2O2. The Morgan fingerprint density at radius 2 is 2.24 bits per heavy atom. The van der Waals surface area contributed by atoms with Gasteiger partial charge in [0.1, 0.15) is 0 Å². The van der Waals surface area contributed by atoms with Crippen LogP contribution in [0, 0.1) is 5.92 Å². The number of carboxylic acids is 1. The van der Waals surface area contributed by atoms with Gasteiger partial charge in [-0.3, -0.25) is 0 Å². The first kappa shape index (κ1) is 11.8. The van der Waals surface area contributed by atoms with Crippen LogP contribution in [0.5, 0.6) is 0 Å². The van der Waals surface area contributed by atoms with Crippen LogP contribution < -0.4 is 10.6 Å². The Hall–Kier alpha value is -1.71. The summed E-state index contributed by atoms with van der Waals surface area (Å²) >= 11 is 0. The van der Waals surface area contributed by atoms with Gasteiger partial charge < -0.3 is 15.7 Å². The standard InChI is InChI=1S/C13H18N2O2/c1-2-15(8-9-3-4-9)10-5-6-12(14)11(7-10)13(16)17/h5-7,9H,2-4,8,14H2,1H3,(H,16,17). The van der Waals surface area contributed by atoms with Gasteiger partial charge in [0.2, 0.25) is 0 Å². The highest BCUT2D eigenvalue weighted by Gasteiger charge is 2.24. The number of hydrogen-bond acceptors (Lipinski definition) is 3. The van der Waals surface area contributed by atoms with Crippen LogP contribution in [0.2, 0.25) is 0 Å². The molecule has 1 aromatic carbocycles. The molecule has 2 rings (SSSR count). The number of nitrogens with two attached hydrogens (primary N) is 1. The van der Waals surface area contributed by atoms with Crippen molar-refractivity contribution in [3.63, 3.8) is 0 Å². The molecule has 1 fully saturated rings. The molecule has 1 aliphatic carbocycles. The molecule has 1 aromatic rings. The van der Waals surface area contributed by atoms with Crippen molar-refractivity contribution in [2.45, 2.75) is 19.8 Å². The van der Waals surface area contributed by atoms with Crippen LogP contribution in [0.3, 0.4) is 0 Å². The van der Waals surface area contributed by atoms with E-state index in [1.165, 1.54) is 12.8 Å². The lowest BCUT2D eigenvalue weighted by Crippen LogP contribution is -2.25. The van der Waals surface area contributed by atoms with Crippen molar-refractivity contribution >= 4 is 17.3 Å². The van der Waals surface area contributed by atoms with E-state index in [4.69, 9.17) is 10.8 Å². The quantitative estimate of drug-likeness (QED) is 0.766. The van der Waals surface area contributed by atoms with E-state index in [-0.39, 0.29) is 5.56 Å². The van der Waals surface area contributed by atoms with Crippen molar-refractivity contribution in [3.05, 3.63) is 23.8 Å². The maximum atomic E-state index is 11.0. The second-order valence-electron chi connectivity index (χ2n) is 4.56. The predicted octanol–water partition coefficient (Wildman–Crippen LogP) is 2.20. The minimum absolute atomic E-state index is 0.191. The topological polar surface area (TPSA) is 66.6 Å². The van der Waals surface area contributed by atoms with Gasteiger partial charge in [0, 0.05) is 24.5 Å². The summed E-state index contributed by atoms with van der Waals surface area (Å²) in [5.74, 6) is -0.187. The van der Waals surface area contributed by atoms with Crippen LogP contribution in [0.1, 0.15) is 30.1 Å². The van der Waals surface area contributed by atoms with Crippen molar-refractivity contribution in [3.8, 4) is 0 Å². The molecule has 17 heavy (non-hydrogen) atoms. The number of carboxylic acid groups (broad SMARTS) is 1. The smallest absolute Gasteiger partial charge is 0.337 e. The Balaban J connectivity index is 2.23. The third-order valence-corrected chi connectivity index (χ3v) is 3.19. The molecule has 0 heterocycles. The van der Waals surface area contributed by atoms with E-state index < -0.39 is 5.97 Å². The van der Waals surface area contributed by atoms with Gasteiger partial charge >= 0.3 is 5.97 Å². The summed E-state index contributed by atoms with van der Waals surface area (Å²) in [4.78, 5) is 13.2. The molecule has 4 heteroatoms. The zero-order valence-electron chi connectivity index (χ0n) is 10.0. The van der Waals surface area contributed by atoms with Gasteiger partial charge in [-0.1, -0.05) is 0 Å². The normalized spacial score (nSPS) is 14.6. The van der Waals surface area contributed by atoms with E-state index in [1.54, 1.807) is 12.1 Å². The Bertz CT molecular complexity index is 427. The third-order valence-electron chi connectivity index (χ3n) is 3.19. The van der Waals surface area contributed by atoms with E-state index in [2.05, 4.69) is 11.8 Å². The van der Waals surface area contributed by atoms with Crippen molar-refractivity contribution in [1.29, 1.82) is 0 Å². The van der Waals surface area contributed by atoms with Crippen LogP contribution in [-0.4, -0.2) is 24.2 Å². The number of carbonyl (C=O) groups is 1. The van der Waals surface area contributed by atoms with E-state index in [9.17, 15) is 4.79 Å². The van der Waals surface area contributed by atoms with Gasteiger partial charge in [-0.15, -0.1) is 0 Å². The number of rotatable bonds is 5. The lowest BCUT2D eigenvalue weighted by atomic mass is 10.1. The van der Waals surface area contributed by atoms with Gasteiger partial charge in [-0.2, -0.15) is 0 Å². The molecule has 92 valence electrons. The highest BCUT2D eigenvalue weighted by Crippen LogP contribution is 2.32. The average Bonchev–Trinajstić information content (AvgIpc) is 3.10. The predicted molar refractivity (Wildman–Crippen MR) is 68.4 cm³/mol. The number of hydrogen-bond donors (Lipinski definition) is 2. The lowest BCUT2D eigenvalue weighted by Gasteiger charge is -2.23. The fourth-order valence-electron chi connectivity index (χ4n) is 1.96. The molecular weight excluding hydrogens is 216 g/mol. The Kier molecular flexibility index (Phi) is 3.22. The van der Waals surface area contributed by atoms with Gasteiger partial charge in [0.05, 0.1) is 5.56 Å². The number of benzene rings is 1. The molecule has 0 unspecified atom stereocenters. The molecule has 0 amide bonds. The summed E-state index contributed by atoms with van der Waals surface area (Å²) in [7, 11) is 0. The van der Waals surface area contributed by atoms with Crippen molar-refractivity contribution in [2.75, 3.05) is 23.7 Å². The highest BCUT2D eigenvalue weighted by molar-refractivity contribution is 5.94. The molecule has 0 spiro atoms. The van der Waals surface area contributed by atoms with E-state index in [0.717, 1.165) is 24.7 Å².